The van der Waals surface area contributed by atoms with Crippen molar-refractivity contribution in [3.63, 3.8) is 0 Å². The van der Waals surface area contributed by atoms with E-state index >= 15 is 0 Å². The Balaban J connectivity index is 5.17. The minimum absolute atomic E-state index is 0.102. The van der Waals surface area contributed by atoms with Crippen LogP contribution < -0.4 is 0 Å². The van der Waals surface area contributed by atoms with Crippen LogP contribution in [0, 0.1) is 11.8 Å². The number of aliphatic hydroxyl groups is 1. The van der Waals surface area contributed by atoms with Crippen molar-refractivity contribution < 1.29 is 80.2 Å². The molecule has 19 heteroatoms. The van der Waals surface area contributed by atoms with Gasteiger partial charge in [0.05, 0.1) is 26.4 Å². The number of phosphoric acid groups is 2. The molecule has 0 aliphatic heterocycles. The van der Waals surface area contributed by atoms with Crippen molar-refractivity contribution in [1.29, 1.82) is 0 Å². The summed E-state index contributed by atoms with van der Waals surface area (Å²) < 4.78 is 67.5. The predicted octanol–water partition coefficient (Wildman–Crippen LogP) is 15.7. The second-order valence-electron chi connectivity index (χ2n) is 22.1. The second-order valence-corrected chi connectivity index (χ2v) is 25.0. The number of hydrogen-bond donors (Lipinski definition) is 3. The number of unbranched alkanes of at least 4 members (excludes halogenated alkanes) is 27. The summed E-state index contributed by atoms with van der Waals surface area (Å²) >= 11 is 0. The van der Waals surface area contributed by atoms with E-state index in [2.05, 4.69) is 41.5 Å². The largest absolute Gasteiger partial charge is 0.472 e. The molecule has 0 fully saturated rings. The Hall–Kier alpha value is -1.94. The van der Waals surface area contributed by atoms with Gasteiger partial charge in [-0.1, -0.05) is 234 Å². The minimum atomic E-state index is -4.94. The van der Waals surface area contributed by atoms with Crippen LogP contribution in [0.1, 0.15) is 286 Å². The van der Waals surface area contributed by atoms with Crippen LogP contribution in [0.4, 0.5) is 0 Å². The van der Waals surface area contributed by atoms with Crippen LogP contribution in [0.2, 0.25) is 0 Å². The molecule has 0 aromatic heterocycles. The molecule has 0 rings (SSSR count). The van der Waals surface area contributed by atoms with Crippen molar-refractivity contribution in [3.05, 3.63) is 0 Å². The van der Waals surface area contributed by atoms with Gasteiger partial charge in [-0.05, 0) is 37.5 Å². The monoisotopic (exact) mass is 1160 g/mol. The number of carbonyl (C=O) groups is 4. The van der Waals surface area contributed by atoms with Gasteiger partial charge in [0.1, 0.15) is 19.3 Å². The standard InChI is InChI=1S/C59H114O17P2/c1-7-10-12-14-22-31-37-43-58(63)75-54(47-69-56(61)41-35-27-13-11-8-2)49-73-77(65,66)71-45-53(60)46-72-78(67,68)74-50-55(48-70-57(62)42-36-30-25-21-20-24-29-34-40-52(6)9-3)76-59(64)44-38-32-26-19-17-15-16-18-23-28-33-39-51(4)5/h51-55,60H,7-50H2,1-6H3,(H,65,66)(H,67,68)/t52?,53-,54+,55+/m0/s1. The van der Waals surface area contributed by atoms with Crippen molar-refractivity contribution in [1.82, 2.24) is 0 Å². The van der Waals surface area contributed by atoms with Gasteiger partial charge in [-0.2, -0.15) is 0 Å². The Morgan fingerprint density at radius 2 is 0.654 bits per heavy atom. The maximum absolute atomic E-state index is 12.9. The molecule has 3 unspecified atom stereocenters. The lowest BCUT2D eigenvalue weighted by molar-refractivity contribution is -0.161. The fraction of sp³-hybridized carbons (Fsp3) is 0.932. The van der Waals surface area contributed by atoms with E-state index in [-0.39, 0.29) is 25.7 Å². The second kappa shape index (κ2) is 51.9. The van der Waals surface area contributed by atoms with Gasteiger partial charge in [0, 0.05) is 25.7 Å². The van der Waals surface area contributed by atoms with E-state index < -0.39 is 97.5 Å². The lowest BCUT2D eigenvalue weighted by Gasteiger charge is -2.21. The number of esters is 4. The Morgan fingerprint density at radius 3 is 0.974 bits per heavy atom. The van der Waals surface area contributed by atoms with Crippen LogP contribution in [0.15, 0.2) is 0 Å². The van der Waals surface area contributed by atoms with Gasteiger partial charge in [-0.15, -0.1) is 0 Å². The fourth-order valence-corrected chi connectivity index (χ4v) is 10.2. The molecule has 0 bridgehead atoms. The van der Waals surface area contributed by atoms with Crippen LogP contribution in [0.3, 0.4) is 0 Å². The molecule has 0 aromatic rings. The van der Waals surface area contributed by atoms with Gasteiger partial charge in [0.15, 0.2) is 12.2 Å². The molecular formula is C59H114O17P2. The lowest BCUT2D eigenvalue weighted by atomic mass is 9.99. The first-order valence-corrected chi connectivity index (χ1v) is 34.0. The molecule has 0 radical (unpaired) electrons. The van der Waals surface area contributed by atoms with Crippen molar-refractivity contribution in [3.8, 4) is 0 Å². The minimum Gasteiger partial charge on any atom is -0.462 e. The van der Waals surface area contributed by atoms with E-state index in [1.54, 1.807) is 0 Å². The molecule has 17 nitrogen and oxygen atoms in total. The Morgan fingerprint density at radius 1 is 0.372 bits per heavy atom. The SMILES string of the molecule is CCCCCCCCCC(=O)O[C@H](COC(=O)CCCCCCC)COP(=O)(O)OC[C@H](O)COP(=O)(O)OC[C@@H](COC(=O)CCCCCCCCCCC(C)CC)OC(=O)CCCCCCCCCCCCCC(C)C. The summed E-state index contributed by atoms with van der Waals surface area (Å²) in [6.07, 6.45) is 32.5. The van der Waals surface area contributed by atoms with E-state index in [4.69, 9.17) is 37.0 Å². The quantitative estimate of drug-likeness (QED) is 0.0222. The predicted molar refractivity (Wildman–Crippen MR) is 308 cm³/mol. The zero-order chi connectivity index (χ0) is 58.0. The van der Waals surface area contributed by atoms with E-state index in [0.717, 1.165) is 121 Å². The van der Waals surface area contributed by atoms with Crippen LogP contribution in [-0.2, 0) is 65.4 Å². The highest BCUT2D eigenvalue weighted by Gasteiger charge is 2.30. The Kier molecular flexibility index (Phi) is 50.6. The number of carbonyl (C=O) groups excluding carboxylic acids is 4. The number of phosphoric ester groups is 2. The van der Waals surface area contributed by atoms with Gasteiger partial charge in [0.25, 0.3) is 0 Å². The van der Waals surface area contributed by atoms with Gasteiger partial charge in [-0.25, -0.2) is 9.13 Å². The zero-order valence-corrected chi connectivity index (χ0v) is 51.7. The highest BCUT2D eigenvalue weighted by molar-refractivity contribution is 7.47. The maximum atomic E-state index is 12.9. The topological polar surface area (TPSA) is 237 Å². The Labute approximate surface area is 473 Å². The van der Waals surface area contributed by atoms with Crippen LogP contribution in [0.5, 0.6) is 0 Å². The molecule has 3 N–H and O–H groups in total. The summed E-state index contributed by atoms with van der Waals surface area (Å²) in [5, 5.41) is 10.5. The molecular weight excluding hydrogens is 1040 g/mol. The molecule has 0 saturated heterocycles. The van der Waals surface area contributed by atoms with Gasteiger partial charge < -0.3 is 33.8 Å². The number of rotatable bonds is 58. The molecule has 0 spiro atoms. The number of ether oxygens (including phenoxy) is 4. The fourth-order valence-electron chi connectivity index (χ4n) is 8.61. The summed E-state index contributed by atoms with van der Waals surface area (Å²) in [5.74, 6) is -0.613. The molecule has 0 aliphatic rings. The smallest absolute Gasteiger partial charge is 0.462 e. The first-order valence-electron chi connectivity index (χ1n) is 31.0. The molecule has 6 atom stereocenters. The average Bonchev–Trinajstić information content (AvgIpc) is 3.40. The lowest BCUT2D eigenvalue weighted by Crippen LogP contribution is -2.30. The van der Waals surface area contributed by atoms with Crippen LogP contribution in [-0.4, -0.2) is 96.7 Å². The first-order chi connectivity index (χ1) is 37.4. The van der Waals surface area contributed by atoms with E-state index in [9.17, 15) is 43.2 Å². The van der Waals surface area contributed by atoms with Crippen LogP contribution in [0.25, 0.3) is 0 Å². The molecule has 0 aromatic carbocycles. The number of aliphatic hydroxyl groups excluding tert-OH is 1. The molecule has 0 heterocycles. The first kappa shape index (κ1) is 76.1. The number of hydrogen-bond acceptors (Lipinski definition) is 15. The average molecular weight is 1160 g/mol. The van der Waals surface area contributed by atoms with Gasteiger partial charge in [0.2, 0.25) is 0 Å². The highest BCUT2D eigenvalue weighted by Crippen LogP contribution is 2.45. The van der Waals surface area contributed by atoms with Crippen molar-refractivity contribution >= 4 is 39.5 Å². The van der Waals surface area contributed by atoms with E-state index in [1.807, 2.05) is 0 Å². The highest BCUT2D eigenvalue weighted by atomic mass is 31.2. The Bertz CT molecular complexity index is 1550. The molecule has 78 heavy (non-hydrogen) atoms. The van der Waals surface area contributed by atoms with E-state index in [0.29, 0.717) is 25.7 Å². The summed E-state index contributed by atoms with van der Waals surface area (Å²) in [7, 11) is -9.86. The summed E-state index contributed by atoms with van der Waals surface area (Å²) in [5.41, 5.74) is 0. The van der Waals surface area contributed by atoms with Gasteiger partial charge in [-0.3, -0.25) is 37.3 Å². The molecule has 462 valence electrons. The van der Waals surface area contributed by atoms with E-state index in [1.165, 1.54) is 83.5 Å². The third-order valence-corrected chi connectivity index (χ3v) is 15.7. The third kappa shape index (κ3) is 52.2. The van der Waals surface area contributed by atoms with Crippen molar-refractivity contribution in [2.75, 3.05) is 39.6 Å². The maximum Gasteiger partial charge on any atom is 0.472 e. The zero-order valence-electron chi connectivity index (χ0n) is 50.0. The molecule has 0 amide bonds. The van der Waals surface area contributed by atoms with Gasteiger partial charge >= 0.3 is 39.5 Å². The molecule has 0 aliphatic carbocycles. The van der Waals surface area contributed by atoms with Crippen LogP contribution >= 0.6 is 15.6 Å². The summed E-state index contributed by atoms with van der Waals surface area (Å²) in [6.45, 7) is 9.33. The third-order valence-electron chi connectivity index (χ3n) is 13.8. The summed E-state index contributed by atoms with van der Waals surface area (Å²) in [4.78, 5) is 71.6. The van der Waals surface area contributed by atoms with Crippen molar-refractivity contribution in [2.24, 2.45) is 11.8 Å². The summed E-state index contributed by atoms with van der Waals surface area (Å²) in [6, 6.07) is 0. The molecule has 0 saturated carbocycles. The van der Waals surface area contributed by atoms with Crippen molar-refractivity contribution in [2.45, 2.75) is 304 Å². The normalized spacial score (nSPS) is 14.8.